The number of nitroso groups, excluding NO2 is 1. The molecular weight excluding hydrogens is 216 g/mol. The Labute approximate surface area is 93.5 Å². The van der Waals surface area contributed by atoms with Crippen LogP contribution in [-0.4, -0.2) is 35.2 Å². The van der Waals surface area contributed by atoms with Gasteiger partial charge in [0.25, 0.3) is 0 Å². The maximum atomic E-state index is 10.1. The van der Waals surface area contributed by atoms with E-state index in [2.05, 4.69) is 11.0 Å². The van der Waals surface area contributed by atoms with Gasteiger partial charge in [0.2, 0.25) is 0 Å². The molecule has 0 unspecified atom stereocenters. The summed E-state index contributed by atoms with van der Waals surface area (Å²) in [5, 5.41) is 11.0. The number of carboxylic acids is 1. The Morgan fingerprint density at radius 1 is 1.44 bits per heavy atom. The standard InChI is InChI=1S/C6H13NO2.C2H5N3O2/c1-4(2)3-5(7)6(8)9;1-5(4-7)2(3)6/h4-5H,3,7H2,1-2H3,(H,8,9);1H3,(H2,3,6)/t5-;/m0./s1. The molecule has 0 aliphatic rings. The fourth-order valence-electron chi connectivity index (χ4n) is 0.649. The van der Waals surface area contributed by atoms with Crippen molar-refractivity contribution in [2.45, 2.75) is 26.3 Å². The third-order valence-corrected chi connectivity index (χ3v) is 1.48. The van der Waals surface area contributed by atoms with Crippen molar-refractivity contribution >= 4 is 12.0 Å². The predicted octanol–water partition coefficient (Wildman–Crippen LogP) is 0.123. The van der Waals surface area contributed by atoms with Crippen molar-refractivity contribution in [3.63, 3.8) is 0 Å². The summed E-state index contributed by atoms with van der Waals surface area (Å²) in [5.41, 5.74) is 9.76. The number of nitrogens with two attached hydrogens (primary N) is 2. The monoisotopic (exact) mass is 234 g/mol. The average molecular weight is 234 g/mol. The van der Waals surface area contributed by atoms with Crippen LogP contribution >= 0.6 is 0 Å². The molecule has 94 valence electrons. The summed E-state index contributed by atoms with van der Waals surface area (Å²) in [6, 6.07) is -1.54. The number of nitrogens with zero attached hydrogens (tertiary/aromatic N) is 2. The number of rotatable bonds is 4. The lowest BCUT2D eigenvalue weighted by Gasteiger charge is -2.07. The first-order valence-corrected chi connectivity index (χ1v) is 4.57. The smallest absolute Gasteiger partial charge is 0.337 e. The van der Waals surface area contributed by atoms with Gasteiger partial charge in [-0.1, -0.05) is 13.8 Å². The minimum absolute atomic E-state index is 0.357. The zero-order valence-electron chi connectivity index (χ0n) is 9.58. The van der Waals surface area contributed by atoms with Crippen molar-refractivity contribution in [3.05, 3.63) is 4.91 Å². The molecule has 0 heterocycles. The summed E-state index contributed by atoms with van der Waals surface area (Å²) in [7, 11) is 1.18. The molecule has 16 heavy (non-hydrogen) atoms. The number of carbonyl (C=O) groups excluding carboxylic acids is 1. The van der Waals surface area contributed by atoms with Gasteiger partial charge in [-0.25, -0.2) is 4.79 Å². The lowest BCUT2D eigenvalue weighted by molar-refractivity contribution is -0.138. The molecule has 0 aliphatic heterocycles. The van der Waals surface area contributed by atoms with Gasteiger partial charge in [-0.05, 0) is 12.3 Å². The first kappa shape index (κ1) is 16.7. The van der Waals surface area contributed by atoms with Crippen molar-refractivity contribution in [2.75, 3.05) is 7.05 Å². The molecule has 5 N–H and O–H groups in total. The molecule has 0 aliphatic carbocycles. The predicted molar refractivity (Wildman–Crippen MR) is 58.2 cm³/mol. The zero-order valence-corrected chi connectivity index (χ0v) is 9.58. The molecule has 0 spiro atoms. The zero-order chi connectivity index (χ0) is 13.3. The van der Waals surface area contributed by atoms with Crippen LogP contribution in [0.15, 0.2) is 5.29 Å². The topological polar surface area (TPSA) is 139 Å². The van der Waals surface area contributed by atoms with E-state index in [9.17, 15) is 14.5 Å². The van der Waals surface area contributed by atoms with E-state index < -0.39 is 18.0 Å². The Hall–Kier alpha value is -1.70. The van der Waals surface area contributed by atoms with E-state index in [4.69, 9.17) is 10.8 Å². The molecule has 1 atom stereocenters. The van der Waals surface area contributed by atoms with Crippen molar-refractivity contribution < 1.29 is 14.7 Å². The second kappa shape index (κ2) is 8.60. The number of hydrogen-bond donors (Lipinski definition) is 3. The molecule has 0 saturated carbocycles. The van der Waals surface area contributed by atoms with Crippen LogP contribution in [0, 0.1) is 10.8 Å². The number of carboxylic acid groups (broad SMARTS) is 1. The molecule has 8 heteroatoms. The molecule has 0 saturated heterocycles. The molecule has 2 amide bonds. The Kier molecular flexibility index (Phi) is 8.98. The third-order valence-electron chi connectivity index (χ3n) is 1.48. The molecule has 0 rings (SSSR count). The number of amides is 2. The van der Waals surface area contributed by atoms with E-state index in [1.54, 1.807) is 0 Å². The number of carbonyl (C=O) groups is 2. The minimum Gasteiger partial charge on any atom is -0.480 e. The van der Waals surface area contributed by atoms with Gasteiger partial charge < -0.3 is 16.6 Å². The SMILES string of the molecule is CC(C)C[C@H](N)C(=O)O.CN(N=O)C(N)=O. The van der Waals surface area contributed by atoms with Gasteiger partial charge in [0, 0.05) is 7.05 Å². The van der Waals surface area contributed by atoms with Crippen molar-refractivity contribution in [1.29, 1.82) is 0 Å². The fraction of sp³-hybridized carbons (Fsp3) is 0.750. The highest BCUT2D eigenvalue weighted by atomic mass is 16.4. The van der Waals surface area contributed by atoms with E-state index in [1.165, 1.54) is 7.05 Å². The summed E-state index contributed by atoms with van der Waals surface area (Å²) in [5.74, 6) is -0.556. The van der Waals surface area contributed by atoms with E-state index in [0.717, 1.165) is 0 Å². The van der Waals surface area contributed by atoms with Crippen LogP contribution in [0.25, 0.3) is 0 Å². The Balaban J connectivity index is 0. The Morgan fingerprint density at radius 2 is 1.88 bits per heavy atom. The van der Waals surface area contributed by atoms with Gasteiger partial charge in [0.15, 0.2) is 0 Å². The van der Waals surface area contributed by atoms with Gasteiger partial charge >= 0.3 is 12.0 Å². The second-order valence-electron chi connectivity index (χ2n) is 3.52. The van der Waals surface area contributed by atoms with Crippen LogP contribution < -0.4 is 11.5 Å². The van der Waals surface area contributed by atoms with Crippen LogP contribution in [0.2, 0.25) is 0 Å². The third kappa shape index (κ3) is 10.4. The van der Waals surface area contributed by atoms with E-state index >= 15 is 0 Å². The molecule has 0 aromatic heterocycles. The summed E-state index contributed by atoms with van der Waals surface area (Å²) in [6.07, 6.45) is 0.551. The average Bonchev–Trinajstić information content (AvgIpc) is 2.16. The first-order valence-electron chi connectivity index (χ1n) is 4.57. The van der Waals surface area contributed by atoms with Crippen LogP contribution in [0.5, 0.6) is 0 Å². The highest BCUT2D eigenvalue weighted by Crippen LogP contribution is 2.01. The van der Waals surface area contributed by atoms with Crippen LogP contribution in [0.3, 0.4) is 0 Å². The quantitative estimate of drug-likeness (QED) is 0.468. The van der Waals surface area contributed by atoms with Crippen LogP contribution in [0.1, 0.15) is 20.3 Å². The number of urea groups is 1. The molecular formula is C8H18N4O4. The second-order valence-corrected chi connectivity index (χ2v) is 3.52. The van der Waals surface area contributed by atoms with Crippen molar-refractivity contribution in [2.24, 2.45) is 22.7 Å². The first-order chi connectivity index (χ1) is 7.22. The minimum atomic E-state index is -0.913. The van der Waals surface area contributed by atoms with Gasteiger partial charge in [0.05, 0.1) is 5.29 Å². The maximum absolute atomic E-state index is 10.1. The number of primary amides is 1. The Bertz CT molecular complexity index is 244. The van der Waals surface area contributed by atoms with Crippen molar-refractivity contribution in [1.82, 2.24) is 5.01 Å². The maximum Gasteiger partial charge on any atom is 0.337 e. The van der Waals surface area contributed by atoms with Crippen LogP contribution in [-0.2, 0) is 4.79 Å². The molecule has 0 bridgehead atoms. The lowest BCUT2D eigenvalue weighted by Crippen LogP contribution is -2.31. The largest absolute Gasteiger partial charge is 0.480 e. The molecule has 0 radical (unpaired) electrons. The number of hydrogen-bond acceptors (Lipinski definition) is 5. The van der Waals surface area contributed by atoms with Gasteiger partial charge in [0.1, 0.15) is 6.04 Å². The van der Waals surface area contributed by atoms with E-state index in [0.29, 0.717) is 17.3 Å². The number of aliphatic carboxylic acids is 1. The van der Waals surface area contributed by atoms with Gasteiger partial charge in [-0.2, -0.15) is 5.01 Å². The normalized spacial score (nSPS) is 11.1. The van der Waals surface area contributed by atoms with Crippen molar-refractivity contribution in [3.8, 4) is 0 Å². The summed E-state index contributed by atoms with van der Waals surface area (Å²) in [6.45, 7) is 3.89. The van der Waals surface area contributed by atoms with Gasteiger partial charge in [-0.15, -0.1) is 4.91 Å². The van der Waals surface area contributed by atoms with Crippen LogP contribution in [0.4, 0.5) is 4.79 Å². The summed E-state index contributed by atoms with van der Waals surface area (Å²) >= 11 is 0. The summed E-state index contributed by atoms with van der Waals surface area (Å²) in [4.78, 5) is 29.2. The Morgan fingerprint density at radius 3 is 1.94 bits per heavy atom. The molecule has 8 nitrogen and oxygen atoms in total. The van der Waals surface area contributed by atoms with E-state index in [1.807, 2.05) is 13.8 Å². The molecule has 0 fully saturated rings. The van der Waals surface area contributed by atoms with E-state index in [-0.39, 0.29) is 0 Å². The molecule has 0 aromatic rings. The van der Waals surface area contributed by atoms with Gasteiger partial charge in [-0.3, -0.25) is 4.79 Å². The molecule has 0 aromatic carbocycles. The summed E-state index contributed by atoms with van der Waals surface area (Å²) < 4.78 is 0. The highest BCUT2D eigenvalue weighted by Gasteiger charge is 2.11. The fourth-order valence-corrected chi connectivity index (χ4v) is 0.649. The highest BCUT2D eigenvalue weighted by molar-refractivity contribution is 5.73. The lowest BCUT2D eigenvalue weighted by atomic mass is 10.1.